The maximum atomic E-state index is 15.6. The average Bonchev–Trinajstić information content (AvgIpc) is 2.84. The summed E-state index contributed by atoms with van der Waals surface area (Å²) in [5.41, 5.74) is 2.20. The minimum atomic E-state index is -0.973. The van der Waals surface area contributed by atoms with Gasteiger partial charge in [-0.15, -0.1) is 0 Å². The lowest BCUT2D eigenvalue weighted by molar-refractivity contribution is -0.137. The number of halogens is 1. The molecule has 8 heteroatoms. The number of aliphatic carboxylic acids is 1. The van der Waals surface area contributed by atoms with Crippen LogP contribution in [-0.2, 0) is 16.0 Å². The molecular formula is C28H39FN4O3. The van der Waals surface area contributed by atoms with Gasteiger partial charge in [0, 0.05) is 25.0 Å². The van der Waals surface area contributed by atoms with E-state index in [9.17, 15) is 14.7 Å². The van der Waals surface area contributed by atoms with Gasteiger partial charge in [-0.25, -0.2) is 14.4 Å². The fourth-order valence-electron chi connectivity index (χ4n) is 5.04. The molecule has 1 aliphatic rings. The van der Waals surface area contributed by atoms with Crippen molar-refractivity contribution in [1.29, 1.82) is 0 Å². The zero-order valence-electron chi connectivity index (χ0n) is 21.9. The summed E-state index contributed by atoms with van der Waals surface area (Å²) >= 11 is 0. The number of carboxylic acids is 1. The molecule has 1 heterocycles. The molecule has 1 aliphatic carbocycles. The summed E-state index contributed by atoms with van der Waals surface area (Å²) in [5, 5.41) is 12.4. The Bertz CT molecular complexity index is 1040. The monoisotopic (exact) mass is 498 g/mol. The van der Waals surface area contributed by atoms with Gasteiger partial charge in [-0.05, 0) is 61.3 Å². The van der Waals surface area contributed by atoms with Gasteiger partial charge >= 0.3 is 5.97 Å². The first-order chi connectivity index (χ1) is 17.2. The summed E-state index contributed by atoms with van der Waals surface area (Å²) in [5.74, 6) is -1.15. The molecule has 0 saturated heterocycles. The Hall–Kier alpha value is -3.03. The third-order valence-electron chi connectivity index (χ3n) is 6.83. The van der Waals surface area contributed by atoms with Gasteiger partial charge in [0.25, 0.3) is 0 Å². The van der Waals surface area contributed by atoms with Gasteiger partial charge in [0.2, 0.25) is 5.91 Å². The highest BCUT2D eigenvalue weighted by molar-refractivity contribution is 5.96. The molecule has 36 heavy (non-hydrogen) atoms. The van der Waals surface area contributed by atoms with Crippen molar-refractivity contribution in [3.05, 3.63) is 47.3 Å². The highest BCUT2D eigenvalue weighted by Gasteiger charge is 2.27. The van der Waals surface area contributed by atoms with Crippen molar-refractivity contribution < 1.29 is 19.1 Å². The van der Waals surface area contributed by atoms with Gasteiger partial charge in [-0.1, -0.05) is 40.0 Å². The van der Waals surface area contributed by atoms with Crippen LogP contribution in [0.4, 0.5) is 15.8 Å². The summed E-state index contributed by atoms with van der Waals surface area (Å²) in [6.45, 7) is 8.65. The number of aryl methyl sites for hydroxylation is 1. The first-order valence-corrected chi connectivity index (χ1v) is 13.1. The summed E-state index contributed by atoms with van der Waals surface area (Å²) in [7, 11) is 0. The Balaban J connectivity index is 2.02. The highest BCUT2D eigenvalue weighted by Crippen LogP contribution is 2.38. The van der Waals surface area contributed by atoms with E-state index in [1.54, 1.807) is 25.4 Å². The Morgan fingerprint density at radius 3 is 2.42 bits per heavy atom. The van der Waals surface area contributed by atoms with Crippen LogP contribution in [0, 0.1) is 18.7 Å². The number of benzene rings is 1. The molecule has 1 amide bonds. The van der Waals surface area contributed by atoms with Gasteiger partial charge < -0.3 is 15.3 Å². The van der Waals surface area contributed by atoms with E-state index in [0.29, 0.717) is 40.7 Å². The lowest BCUT2D eigenvalue weighted by Gasteiger charge is -2.38. The first kappa shape index (κ1) is 27.6. The number of rotatable bonds is 11. The van der Waals surface area contributed by atoms with E-state index < -0.39 is 17.7 Å². The molecule has 0 spiro atoms. The van der Waals surface area contributed by atoms with E-state index in [0.717, 1.165) is 32.2 Å². The third kappa shape index (κ3) is 7.48. The number of aromatic nitrogens is 2. The molecule has 1 aromatic heterocycles. The second-order valence-corrected chi connectivity index (χ2v) is 10.3. The number of anilines is 2. The van der Waals surface area contributed by atoms with Crippen LogP contribution in [-0.4, -0.2) is 39.5 Å². The number of amides is 1. The third-order valence-corrected chi connectivity index (χ3v) is 6.83. The quantitative estimate of drug-likeness (QED) is 0.402. The van der Waals surface area contributed by atoms with Crippen LogP contribution >= 0.6 is 0 Å². The molecule has 2 N–H and O–H groups in total. The molecule has 1 saturated carbocycles. The van der Waals surface area contributed by atoms with Crippen LogP contribution in [0.25, 0.3) is 0 Å². The topological polar surface area (TPSA) is 95.4 Å². The summed E-state index contributed by atoms with van der Waals surface area (Å²) in [6, 6.07) is 3.43. The largest absolute Gasteiger partial charge is 0.481 e. The van der Waals surface area contributed by atoms with Crippen molar-refractivity contribution in [3.63, 3.8) is 0 Å². The van der Waals surface area contributed by atoms with E-state index in [2.05, 4.69) is 34.0 Å². The Kier molecular flexibility index (Phi) is 9.79. The summed E-state index contributed by atoms with van der Waals surface area (Å²) in [4.78, 5) is 35.1. The van der Waals surface area contributed by atoms with Crippen molar-refractivity contribution in [2.24, 2.45) is 5.92 Å². The van der Waals surface area contributed by atoms with Gasteiger partial charge in [-0.2, -0.15) is 0 Å². The average molecular weight is 499 g/mol. The van der Waals surface area contributed by atoms with Crippen molar-refractivity contribution in [2.75, 3.05) is 16.8 Å². The Morgan fingerprint density at radius 1 is 1.17 bits per heavy atom. The minimum Gasteiger partial charge on any atom is -0.481 e. The number of carbonyl (C=O) groups excluding carboxylic acids is 1. The van der Waals surface area contributed by atoms with Crippen LogP contribution in [0.3, 0.4) is 0 Å². The molecule has 3 rings (SSSR count). The molecular weight excluding hydrogens is 459 g/mol. The molecule has 7 nitrogen and oxygen atoms in total. The van der Waals surface area contributed by atoms with Crippen LogP contribution in [0.2, 0.25) is 0 Å². The SMILES string of the molecule is CCC(CC(=O)O)c1cc(NC(=O)Cc2cnc(C)nc2)c(N(CC(C)C)C2CCCCC2)cc1F. The maximum absolute atomic E-state index is 15.6. The Morgan fingerprint density at radius 2 is 1.83 bits per heavy atom. The molecule has 1 fully saturated rings. The van der Waals surface area contributed by atoms with Crippen LogP contribution < -0.4 is 10.2 Å². The van der Waals surface area contributed by atoms with Crippen molar-refractivity contribution >= 4 is 23.3 Å². The molecule has 196 valence electrons. The standard InChI is InChI=1S/C28H39FN4O3/c1-5-21(12-28(35)36)23-13-25(32-27(34)11-20-15-30-19(4)31-16-20)26(14-24(23)29)33(17-18(2)3)22-9-7-6-8-10-22/h13-16,18,21-22H,5-12,17H2,1-4H3,(H,32,34)(H,35,36). The number of nitrogens with one attached hydrogen (secondary N) is 1. The molecule has 0 bridgehead atoms. The predicted octanol–water partition coefficient (Wildman–Crippen LogP) is 5.87. The summed E-state index contributed by atoms with van der Waals surface area (Å²) in [6.07, 6.45) is 9.19. The van der Waals surface area contributed by atoms with Crippen molar-refractivity contribution in [3.8, 4) is 0 Å². The number of hydrogen-bond donors (Lipinski definition) is 2. The summed E-state index contributed by atoms with van der Waals surface area (Å²) < 4.78 is 15.6. The highest BCUT2D eigenvalue weighted by atomic mass is 19.1. The zero-order chi connectivity index (χ0) is 26.2. The maximum Gasteiger partial charge on any atom is 0.303 e. The van der Waals surface area contributed by atoms with Crippen molar-refractivity contribution in [1.82, 2.24) is 9.97 Å². The lowest BCUT2D eigenvalue weighted by Crippen LogP contribution is -2.40. The molecule has 1 aromatic carbocycles. The van der Waals surface area contributed by atoms with E-state index in [1.807, 2.05) is 6.92 Å². The van der Waals surface area contributed by atoms with Crippen LogP contribution in [0.15, 0.2) is 24.5 Å². The smallest absolute Gasteiger partial charge is 0.303 e. The fraction of sp³-hybridized carbons (Fsp3) is 0.571. The van der Waals surface area contributed by atoms with Crippen molar-refractivity contribution in [2.45, 2.75) is 91.0 Å². The van der Waals surface area contributed by atoms with E-state index >= 15 is 4.39 Å². The number of carbonyl (C=O) groups is 2. The fourth-order valence-corrected chi connectivity index (χ4v) is 5.04. The molecule has 1 atom stereocenters. The van der Waals surface area contributed by atoms with Gasteiger partial charge in [-0.3, -0.25) is 9.59 Å². The normalized spacial score (nSPS) is 15.1. The molecule has 1 unspecified atom stereocenters. The van der Waals surface area contributed by atoms with Gasteiger partial charge in [0.1, 0.15) is 11.6 Å². The minimum absolute atomic E-state index is 0.0897. The second-order valence-electron chi connectivity index (χ2n) is 10.3. The molecule has 0 radical (unpaired) electrons. The second kappa shape index (κ2) is 12.8. The lowest BCUT2D eigenvalue weighted by atomic mass is 9.90. The van der Waals surface area contributed by atoms with E-state index in [-0.39, 0.29) is 24.8 Å². The number of nitrogens with zero attached hydrogens (tertiary/aromatic N) is 3. The first-order valence-electron chi connectivity index (χ1n) is 13.1. The van der Waals surface area contributed by atoms with E-state index in [4.69, 9.17) is 0 Å². The van der Waals surface area contributed by atoms with Gasteiger partial charge in [0.15, 0.2) is 0 Å². The van der Waals surface area contributed by atoms with E-state index in [1.165, 1.54) is 12.5 Å². The Labute approximate surface area is 213 Å². The van der Waals surface area contributed by atoms with Gasteiger partial charge in [0.05, 0.1) is 24.2 Å². The van der Waals surface area contributed by atoms with Crippen LogP contribution in [0.5, 0.6) is 0 Å². The van der Waals surface area contributed by atoms with Crippen LogP contribution in [0.1, 0.15) is 88.6 Å². The molecule has 0 aliphatic heterocycles. The molecule has 2 aromatic rings. The number of hydrogen-bond acceptors (Lipinski definition) is 5. The number of carboxylic acid groups (broad SMARTS) is 1. The predicted molar refractivity (Wildman–Crippen MR) is 140 cm³/mol. The zero-order valence-corrected chi connectivity index (χ0v) is 21.9.